The van der Waals surface area contributed by atoms with E-state index in [1.54, 1.807) is 20.2 Å². The number of anilines is 1. The molecular weight excluding hydrogens is 232 g/mol. The largest absolute Gasteiger partial charge is 0.362 e. The summed E-state index contributed by atoms with van der Waals surface area (Å²) in [5.74, 6) is 1.44. The minimum absolute atomic E-state index is 0.113. The van der Waals surface area contributed by atoms with Crippen LogP contribution in [0.2, 0.25) is 0 Å². The van der Waals surface area contributed by atoms with Crippen molar-refractivity contribution in [1.29, 1.82) is 0 Å². The highest BCUT2D eigenvalue weighted by atomic mass is 16.5. The van der Waals surface area contributed by atoms with Crippen LogP contribution in [0.25, 0.3) is 0 Å². The number of hydrogen-bond donors (Lipinski definition) is 1. The number of nitrogens with one attached hydrogen (secondary N) is 1. The van der Waals surface area contributed by atoms with Crippen LogP contribution in [-0.4, -0.2) is 48.2 Å². The average molecular weight is 250 g/mol. The van der Waals surface area contributed by atoms with Crippen molar-refractivity contribution in [1.82, 2.24) is 15.3 Å². The Bertz CT molecular complexity index is 451. The first kappa shape index (κ1) is 12.8. The van der Waals surface area contributed by atoms with Crippen LogP contribution in [0.5, 0.6) is 0 Å². The zero-order chi connectivity index (χ0) is 13.2. The van der Waals surface area contributed by atoms with E-state index < -0.39 is 5.60 Å². The van der Waals surface area contributed by atoms with Crippen molar-refractivity contribution in [2.45, 2.75) is 19.4 Å². The molecule has 0 radical (unpaired) electrons. The highest BCUT2D eigenvalue weighted by Gasteiger charge is 2.39. The SMILES string of the molecule is CNC(=O)C1(C)CN(c2ccnc(C)n2)CCO1. The second kappa shape index (κ2) is 4.89. The molecule has 1 atom stereocenters. The summed E-state index contributed by atoms with van der Waals surface area (Å²) in [6, 6.07) is 1.85. The Kier molecular flexibility index (Phi) is 3.47. The highest BCUT2D eigenvalue weighted by molar-refractivity contribution is 5.85. The first-order valence-corrected chi connectivity index (χ1v) is 5.96. The van der Waals surface area contributed by atoms with Crippen LogP contribution in [0.3, 0.4) is 0 Å². The highest BCUT2D eigenvalue weighted by Crippen LogP contribution is 2.22. The number of hydrogen-bond acceptors (Lipinski definition) is 5. The van der Waals surface area contributed by atoms with E-state index in [1.807, 2.05) is 17.9 Å². The quantitative estimate of drug-likeness (QED) is 0.808. The van der Waals surface area contributed by atoms with E-state index in [1.165, 1.54) is 0 Å². The molecule has 1 fully saturated rings. The van der Waals surface area contributed by atoms with Crippen molar-refractivity contribution in [3.05, 3.63) is 18.1 Å². The molecule has 1 aliphatic heterocycles. The van der Waals surface area contributed by atoms with E-state index in [0.717, 1.165) is 18.2 Å². The molecule has 1 aromatic rings. The van der Waals surface area contributed by atoms with Crippen LogP contribution in [0, 0.1) is 6.92 Å². The first-order chi connectivity index (χ1) is 8.55. The first-order valence-electron chi connectivity index (χ1n) is 5.96. The van der Waals surface area contributed by atoms with Gasteiger partial charge in [-0.2, -0.15) is 0 Å². The van der Waals surface area contributed by atoms with Crippen LogP contribution in [-0.2, 0) is 9.53 Å². The predicted octanol–water partition coefficient (Wildman–Crippen LogP) is 0.126. The number of rotatable bonds is 2. The standard InChI is InChI=1S/C12H18N4O2/c1-9-14-5-4-10(15-9)16-6-7-18-12(2,8-16)11(17)13-3/h4-5H,6-8H2,1-3H3,(H,13,17). The minimum Gasteiger partial charge on any atom is -0.362 e. The van der Waals surface area contributed by atoms with E-state index in [-0.39, 0.29) is 5.91 Å². The fourth-order valence-corrected chi connectivity index (χ4v) is 2.09. The Balaban J connectivity index is 2.19. The third kappa shape index (κ3) is 2.43. The summed E-state index contributed by atoms with van der Waals surface area (Å²) in [6.07, 6.45) is 1.73. The molecule has 0 aromatic carbocycles. The molecule has 1 N–H and O–H groups in total. The molecule has 6 heteroatoms. The molecule has 0 bridgehead atoms. The van der Waals surface area contributed by atoms with Gasteiger partial charge in [0.1, 0.15) is 11.6 Å². The molecule has 6 nitrogen and oxygen atoms in total. The van der Waals surface area contributed by atoms with Gasteiger partial charge in [0.05, 0.1) is 13.2 Å². The molecule has 2 heterocycles. The summed E-state index contributed by atoms with van der Waals surface area (Å²) in [7, 11) is 1.62. The van der Waals surface area contributed by atoms with Gasteiger partial charge in [0, 0.05) is 19.8 Å². The number of carbonyl (C=O) groups is 1. The van der Waals surface area contributed by atoms with Crippen molar-refractivity contribution >= 4 is 11.7 Å². The Labute approximate surface area is 106 Å². The molecule has 98 valence electrons. The average Bonchev–Trinajstić information content (AvgIpc) is 2.38. The van der Waals surface area contributed by atoms with Gasteiger partial charge in [-0.25, -0.2) is 9.97 Å². The van der Waals surface area contributed by atoms with Crippen molar-refractivity contribution < 1.29 is 9.53 Å². The molecular formula is C12H18N4O2. The number of morpholine rings is 1. The summed E-state index contributed by atoms with van der Waals surface area (Å²) in [4.78, 5) is 22.3. The van der Waals surface area contributed by atoms with Crippen LogP contribution in [0.15, 0.2) is 12.3 Å². The molecule has 0 aliphatic carbocycles. The number of likely N-dealkylation sites (N-methyl/N-ethyl adjacent to an activating group) is 1. The van der Waals surface area contributed by atoms with E-state index in [9.17, 15) is 4.79 Å². The molecule has 0 spiro atoms. The molecule has 1 aliphatic rings. The lowest BCUT2D eigenvalue weighted by molar-refractivity contribution is -0.145. The number of nitrogens with zero attached hydrogens (tertiary/aromatic N) is 3. The normalized spacial score (nSPS) is 23.8. The summed E-state index contributed by atoms with van der Waals surface area (Å²) in [6.45, 7) is 5.37. The lowest BCUT2D eigenvalue weighted by atomic mass is 10.0. The zero-order valence-electron chi connectivity index (χ0n) is 10.9. The number of amides is 1. The lowest BCUT2D eigenvalue weighted by Gasteiger charge is -2.39. The third-order valence-corrected chi connectivity index (χ3v) is 3.07. The van der Waals surface area contributed by atoms with Gasteiger partial charge in [-0.3, -0.25) is 4.79 Å². The summed E-state index contributed by atoms with van der Waals surface area (Å²) >= 11 is 0. The fraction of sp³-hybridized carbons (Fsp3) is 0.583. The monoisotopic (exact) mass is 250 g/mol. The maximum atomic E-state index is 11.8. The third-order valence-electron chi connectivity index (χ3n) is 3.07. The van der Waals surface area contributed by atoms with Crippen LogP contribution in [0.1, 0.15) is 12.7 Å². The van der Waals surface area contributed by atoms with Gasteiger partial charge in [-0.15, -0.1) is 0 Å². The molecule has 1 aromatic heterocycles. The molecule has 1 unspecified atom stereocenters. The summed E-state index contributed by atoms with van der Waals surface area (Å²) < 4.78 is 5.60. The number of aryl methyl sites for hydroxylation is 1. The molecule has 18 heavy (non-hydrogen) atoms. The number of aromatic nitrogens is 2. The Morgan fingerprint density at radius 1 is 1.61 bits per heavy atom. The van der Waals surface area contributed by atoms with Gasteiger partial charge < -0.3 is 15.0 Å². The molecule has 2 rings (SSSR count). The molecule has 1 amide bonds. The fourth-order valence-electron chi connectivity index (χ4n) is 2.09. The van der Waals surface area contributed by atoms with Crippen LogP contribution >= 0.6 is 0 Å². The van der Waals surface area contributed by atoms with E-state index in [0.29, 0.717) is 13.2 Å². The number of ether oxygens (including phenoxy) is 1. The molecule has 0 saturated carbocycles. The van der Waals surface area contributed by atoms with Gasteiger partial charge in [-0.1, -0.05) is 0 Å². The van der Waals surface area contributed by atoms with E-state index >= 15 is 0 Å². The van der Waals surface area contributed by atoms with Crippen molar-refractivity contribution in [3.63, 3.8) is 0 Å². The number of carbonyl (C=O) groups excluding carboxylic acids is 1. The van der Waals surface area contributed by atoms with Crippen molar-refractivity contribution in [2.24, 2.45) is 0 Å². The minimum atomic E-state index is -0.828. The van der Waals surface area contributed by atoms with Crippen molar-refractivity contribution in [3.8, 4) is 0 Å². The zero-order valence-corrected chi connectivity index (χ0v) is 10.9. The predicted molar refractivity (Wildman–Crippen MR) is 67.4 cm³/mol. The van der Waals surface area contributed by atoms with Crippen LogP contribution < -0.4 is 10.2 Å². The Morgan fingerprint density at radius 3 is 3.06 bits per heavy atom. The Morgan fingerprint density at radius 2 is 2.39 bits per heavy atom. The summed E-state index contributed by atoms with van der Waals surface area (Å²) in [5, 5.41) is 2.64. The topological polar surface area (TPSA) is 67.4 Å². The van der Waals surface area contributed by atoms with Gasteiger partial charge in [0.2, 0.25) is 0 Å². The van der Waals surface area contributed by atoms with Gasteiger partial charge in [0.15, 0.2) is 5.60 Å². The maximum absolute atomic E-state index is 11.8. The summed E-state index contributed by atoms with van der Waals surface area (Å²) in [5.41, 5.74) is -0.828. The van der Waals surface area contributed by atoms with Crippen LogP contribution in [0.4, 0.5) is 5.82 Å². The van der Waals surface area contributed by atoms with E-state index in [2.05, 4.69) is 15.3 Å². The lowest BCUT2D eigenvalue weighted by Crippen LogP contribution is -2.58. The van der Waals surface area contributed by atoms with Gasteiger partial charge >= 0.3 is 0 Å². The van der Waals surface area contributed by atoms with Gasteiger partial charge in [-0.05, 0) is 19.9 Å². The maximum Gasteiger partial charge on any atom is 0.253 e. The van der Waals surface area contributed by atoms with E-state index in [4.69, 9.17) is 4.74 Å². The van der Waals surface area contributed by atoms with Gasteiger partial charge in [0.25, 0.3) is 5.91 Å². The van der Waals surface area contributed by atoms with Crippen molar-refractivity contribution in [2.75, 3.05) is 31.6 Å². The second-order valence-corrected chi connectivity index (χ2v) is 4.54. The second-order valence-electron chi connectivity index (χ2n) is 4.54. The Hall–Kier alpha value is -1.69. The molecule has 1 saturated heterocycles. The smallest absolute Gasteiger partial charge is 0.253 e.